The van der Waals surface area contributed by atoms with Crippen LogP contribution in [0.1, 0.15) is 10.8 Å². The van der Waals surface area contributed by atoms with Crippen LogP contribution in [-0.4, -0.2) is 5.17 Å². The number of nitrogens with one attached hydrogen (secondary N) is 1. The Morgan fingerprint density at radius 3 is 2.54 bits per heavy atom. The number of thioether (sulfide) groups is 1. The van der Waals surface area contributed by atoms with Crippen molar-refractivity contribution in [1.82, 2.24) is 0 Å². The summed E-state index contributed by atoms with van der Waals surface area (Å²) < 4.78 is 0. The molecule has 4 heteroatoms. The molecule has 0 spiro atoms. The summed E-state index contributed by atoms with van der Waals surface area (Å²) in [5.74, 6) is 0. The van der Waals surface area contributed by atoms with E-state index in [4.69, 9.17) is 16.4 Å². The van der Waals surface area contributed by atoms with Gasteiger partial charge < -0.3 is 5.73 Å². The van der Waals surface area contributed by atoms with Crippen molar-refractivity contribution in [2.24, 2.45) is 5.73 Å². The van der Waals surface area contributed by atoms with Gasteiger partial charge >= 0.3 is 0 Å². The molecule has 0 heterocycles. The molecular formula is C9H9N3S. The van der Waals surface area contributed by atoms with E-state index >= 15 is 0 Å². The molecule has 1 atom stereocenters. The SMILES string of the molecule is N#C[C@@H](SC(=N)N)c1ccccc1. The van der Waals surface area contributed by atoms with Gasteiger partial charge in [0.1, 0.15) is 5.25 Å². The molecule has 3 nitrogen and oxygen atoms in total. The third kappa shape index (κ3) is 2.80. The highest BCUT2D eigenvalue weighted by molar-refractivity contribution is 8.14. The largest absolute Gasteiger partial charge is 0.379 e. The van der Waals surface area contributed by atoms with Gasteiger partial charge in [-0.25, -0.2) is 0 Å². The van der Waals surface area contributed by atoms with Crippen molar-refractivity contribution < 1.29 is 0 Å². The molecule has 0 aromatic heterocycles. The zero-order chi connectivity index (χ0) is 9.68. The van der Waals surface area contributed by atoms with Gasteiger partial charge in [0.25, 0.3) is 0 Å². The maximum absolute atomic E-state index is 8.81. The summed E-state index contributed by atoms with van der Waals surface area (Å²) in [6.07, 6.45) is 0. The molecule has 66 valence electrons. The first-order valence-corrected chi connectivity index (χ1v) is 4.57. The molecule has 0 aliphatic carbocycles. The molecule has 0 bridgehead atoms. The molecule has 0 saturated carbocycles. The smallest absolute Gasteiger partial charge is 0.152 e. The summed E-state index contributed by atoms with van der Waals surface area (Å²) in [6.45, 7) is 0. The van der Waals surface area contributed by atoms with Gasteiger partial charge in [0.05, 0.1) is 6.07 Å². The number of nitrogens with two attached hydrogens (primary N) is 1. The normalized spacial score (nSPS) is 11.6. The molecule has 0 radical (unpaired) electrons. The average molecular weight is 191 g/mol. The second-order valence-corrected chi connectivity index (χ2v) is 3.55. The predicted molar refractivity (Wildman–Crippen MR) is 54.3 cm³/mol. The Bertz CT molecular complexity index is 328. The van der Waals surface area contributed by atoms with Gasteiger partial charge in [0.2, 0.25) is 0 Å². The van der Waals surface area contributed by atoms with Crippen LogP contribution in [0.25, 0.3) is 0 Å². The predicted octanol–water partition coefficient (Wildman–Crippen LogP) is 1.88. The summed E-state index contributed by atoms with van der Waals surface area (Å²) in [6, 6.07) is 11.4. The third-order valence-corrected chi connectivity index (χ3v) is 2.33. The molecule has 0 saturated heterocycles. The van der Waals surface area contributed by atoms with Crippen LogP contribution in [0.3, 0.4) is 0 Å². The molecule has 3 N–H and O–H groups in total. The van der Waals surface area contributed by atoms with E-state index in [2.05, 4.69) is 6.07 Å². The Balaban J connectivity index is 2.80. The average Bonchev–Trinajstić information content (AvgIpc) is 2.15. The van der Waals surface area contributed by atoms with Crippen LogP contribution in [-0.2, 0) is 0 Å². The second-order valence-electron chi connectivity index (χ2n) is 2.40. The van der Waals surface area contributed by atoms with Crippen LogP contribution in [0.2, 0.25) is 0 Å². The minimum absolute atomic E-state index is 0.0320. The van der Waals surface area contributed by atoms with Gasteiger partial charge in [0, 0.05) is 0 Å². The van der Waals surface area contributed by atoms with Crippen LogP contribution in [0.5, 0.6) is 0 Å². The van der Waals surface area contributed by atoms with Crippen molar-refractivity contribution in [2.45, 2.75) is 5.25 Å². The van der Waals surface area contributed by atoms with Crippen LogP contribution in [0.15, 0.2) is 30.3 Å². The zero-order valence-electron chi connectivity index (χ0n) is 6.90. The zero-order valence-corrected chi connectivity index (χ0v) is 7.71. The van der Waals surface area contributed by atoms with E-state index < -0.39 is 0 Å². The summed E-state index contributed by atoms with van der Waals surface area (Å²) in [5.41, 5.74) is 6.08. The van der Waals surface area contributed by atoms with E-state index in [1.54, 1.807) is 0 Å². The lowest BCUT2D eigenvalue weighted by atomic mass is 10.2. The molecular weight excluding hydrogens is 182 g/mol. The highest BCUT2D eigenvalue weighted by atomic mass is 32.2. The summed E-state index contributed by atoms with van der Waals surface area (Å²) in [4.78, 5) is 0. The van der Waals surface area contributed by atoms with E-state index in [1.165, 1.54) is 0 Å². The van der Waals surface area contributed by atoms with Crippen LogP contribution < -0.4 is 5.73 Å². The molecule has 0 amide bonds. The van der Waals surface area contributed by atoms with Crippen molar-refractivity contribution >= 4 is 16.9 Å². The number of rotatable bonds is 2. The monoisotopic (exact) mass is 191 g/mol. The summed E-state index contributed by atoms with van der Waals surface area (Å²) in [7, 11) is 0. The summed E-state index contributed by atoms with van der Waals surface area (Å²) >= 11 is 1.05. The standard InChI is InChI=1S/C9H9N3S/c10-6-8(13-9(11)12)7-4-2-1-3-5-7/h1-5,8H,(H3,11,12)/t8-/m1/s1. The maximum Gasteiger partial charge on any atom is 0.152 e. The number of benzene rings is 1. The number of hydrogen-bond donors (Lipinski definition) is 2. The van der Waals surface area contributed by atoms with Gasteiger partial charge in [-0.15, -0.1) is 0 Å². The Morgan fingerprint density at radius 1 is 1.46 bits per heavy atom. The molecule has 1 aromatic rings. The number of nitriles is 1. The Kier molecular flexibility index (Phi) is 3.35. The highest BCUT2D eigenvalue weighted by Crippen LogP contribution is 2.26. The van der Waals surface area contributed by atoms with Crippen molar-refractivity contribution in [3.63, 3.8) is 0 Å². The van der Waals surface area contributed by atoms with E-state index in [-0.39, 0.29) is 10.4 Å². The molecule has 1 aromatic carbocycles. The first kappa shape index (κ1) is 9.62. The van der Waals surface area contributed by atoms with Crippen molar-refractivity contribution in [3.05, 3.63) is 35.9 Å². The van der Waals surface area contributed by atoms with Gasteiger partial charge in [-0.05, 0) is 5.56 Å². The van der Waals surface area contributed by atoms with E-state index in [0.29, 0.717) is 0 Å². The lowest BCUT2D eigenvalue weighted by molar-refractivity contribution is 1.23. The summed E-state index contributed by atoms with van der Waals surface area (Å²) in [5, 5.41) is 15.5. The first-order chi connectivity index (χ1) is 6.24. The molecule has 0 aliphatic heterocycles. The van der Waals surface area contributed by atoms with Gasteiger partial charge in [0.15, 0.2) is 5.17 Å². The lowest BCUT2D eigenvalue weighted by Gasteiger charge is -2.06. The van der Waals surface area contributed by atoms with Gasteiger partial charge in [-0.1, -0.05) is 42.1 Å². The van der Waals surface area contributed by atoms with Crippen LogP contribution in [0.4, 0.5) is 0 Å². The van der Waals surface area contributed by atoms with Crippen LogP contribution in [0, 0.1) is 16.7 Å². The van der Waals surface area contributed by atoms with Gasteiger partial charge in [-0.2, -0.15) is 5.26 Å². The Morgan fingerprint density at radius 2 is 2.08 bits per heavy atom. The number of hydrogen-bond acceptors (Lipinski definition) is 3. The first-order valence-electron chi connectivity index (χ1n) is 3.69. The van der Waals surface area contributed by atoms with Gasteiger partial charge in [-0.3, -0.25) is 5.41 Å². The molecule has 0 aliphatic rings. The molecule has 13 heavy (non-hydrogen) atoms. The quantitative estimate of drug-likeness (QED) is 0.553. The molecule has 1 rings (SSSR count). The second kappa shape index (κ2) is 4.53. The fourth-order valence-corrected chi connectivity index (χ4v) is 1.52. The van der Waals surface area contributed by atoms with Crippen LogP contribution >= 0.6 is 11.8 Å². The lowest BCUT2D eigenvalue weighted by Crippen LogP contribution is -2.06. The van der Waals surface area contributed by atoms with Crippen molar-refractivity contribution in [3.8, 4) is 6.07 Å². The Hall–Kier alpha value is -1.47. The van der Waals surface area contributed by atoms with E-state index in [0.717, 1.165) is 17.3 Å². The Labute approximate surface area is 81.1 Å². The minimum Gasteiger partial charge on any atom is -0.379 e. The van der Waals surface area contributed by atoms with Crippen molar-refractivity contribution in [2.75, 3.05) is 0 Å². The van der Waals surface area contributed by atoms with E-state index in [9.17, 15) is 0 Å². The number of amidine groups is 1. The maximum atomic E-state index is 8.81. The molecule has 0 unspecified atom stereocenters. The minimum atomic E-state index is -0.376. The highest BCUT2D eigenvalue weighted by Gasteiger charge is 2.11. The molecule has 0 fully saturated rings. The van der Waals surface area contributed by atoms with Crippen molar-refractivity contribution in [1.29, 1.82) is 10.7 Å². The fourth-order valence-electron chi connectivity index (χ4n) is 0.924. The topological polar surface area (TPSA) is 73.7 Å². The number of nitrogens with zero attached hydrogens (tertiary/aromatic N) is 1. The van der Waals surface area contributed by atoms with E-state index in [1.807, 2.05) is 30.3 Å². The third-order valence-electron chi connectivity index (χ3n) is 1.46. The fraction of sp³-hybridized carbons (Fsp3) is 0.111.